The molecular formula is C14H12N2O. The van der Waals surface area contributed by atoms with E-state index in [0.29, 0.717) is 6.54 Å². The summed E-state index contributed by atoms with van der Waals surface area (Å²) in [6.45, 7) is 0.308. The number of aliphatic imine (C=N–C) groups is 1. The summed E-state index contributed by atoms with van der Waals surface area (Å²) in [5, 5.41) is 1.10. The third-order valence-electron chi connectivity index (χ3n) is 3.74. The number of aromatic amines is 1. The molecule has 0 unspecified atom stereocenters. The summed E-state index contributed by atoms with van der Waals surface area (Å²) in [6.07, 6.45) is 3.19. The van der Waals surface area contributed by atoms with Crippen molar-refractivity contribution in [3.05, 3.63) is 35.0 Å². The van der Waals surface area contributed by atoms with Crippen LogP contribution in [0.15, 0.2) is 23.2 Å². The number of nitrogens with one attached hydrogen (secondary N) is 1. The standard InChI is InChI=1S/C14H12N2O/c17-12-7-15-9-4-2-6-11-14(9)13-8(12)3-1-5-10(13)16-11/h1,3,5,16H,2,4,6-7H2. The molecule has 17 heavy (non-hydrogen) atoms. The van der Waals surface area contributed by atoms with Crippen LogP contribution >= 0.6 is 0 Å². The first-order valence-electron chi connectivity index (χ1n) is 6.05. The van der Waals surface area contributed by atoms with Crippen molar-refractivity contribution in [2.75, 3.05) is 6.54 Å². The van der Waals surface area contributed by atoms with Gasteiger partial charge in [0.2, 0.25) is 0 Å². The van der Waals surface area contributed by atoms with Crippen LogP contribution in [0.3, 0.4) is 0 Å². The first kappa shape index (κ1) is 9.16. The van der Waals surface area contributed by atoms with Crippen LogP contribution in [-0.2, 0) is 6.42 Å². The predicted molar refractivity (Wildman–Crippen MR) is 67.0 cm³/mol. The zero-order chi connectivity index (χ0) is 11.4. The minimum Gasteiger partial charge on any atom is -0.358 e. The molecule has 3 nitrogen and oxygen atoms in total. The van der Waals surface area contributed by atoms with Gasteiger partial charge in [0, 0.05) is 33.4 Å². The number of aryl methyl sites for hydroxylation is 1. The van der Waals surface area contributed by atoms with E-state index in [2.05, 4.69) is 9.98 Å². The van der Waals surface area contributed by atoms with Crippen LogP contribution in [0.2, 0.25) is 0 Å². The van der Waals surface area contributed by atoms with Gasteiger partial charge in [-0.05, 0) is 25.3 Å². The van der Waals surface area contributed by atoms with Crippen molar-refractivity contribution in [3.8, 4) is 0 Å². The van der Waals surface area contributed by atoms with Gasteiger partial charge in [-0.2, -0.15) is 0 Å². The lowest BCUT2D eigenvalue weighted by molar-refractivity contribution is 0.100. The van der Waals surface area contributed by atoms with Gasteiger partial charge in [-0.25, -0.2) is 0 Å². The van der Waals surface area contributed by atoms with Crippen molar-refractivity contribution in [1.82, 2.24) is 4.98 Å². The van der Waals surface area contributed by atoms with E-state index in [1.807, 2.05) is 18.2 Å². The van der Waals surface area contributed by atoms with E-state index in [-0.39, 0.29) is 5.78 Å². The molecule has 2 heterocycles. The van der Waals surface area contributed by atoms with E-state index in [4.69, 9.17) is 0 Å². The molecule has 1 aromatic carbocycles. The highest BCUT2D eigenvalue weighted by Crippen LogP contribution is 2.33. The first-order chi connectivity index (χ1) is 8.34. The van der Waals surface area contributed by atoms with E-state index in [9.17, 15) is 4.79 Å². The lowest BCUT2D eigenvalue weighted by atomic mass is 9.92. The number of hydrogen-bond donors (Lipinski definition) is 1. The smallest absolute Gasteiger partial charge is 0.184 e. The minimum atomic E-state index is 0.138. The maximum atomic E-state index is 12.1. The molecule has 0 saturated carbocycles. The second-order valence-corrected chi connectivity index (χ2v) is 4.75. The van der Waals surface area contributed by atoms with Crippen molar-refractivity contribution in [1.29, 1.82) is 0 Å². The van der Waals surface area contributed by atoms with E-state index in [0.717, 1.165) is 41.4 Å². The Hall–Kier alpha value is -1.90. The Labute approximate surface area is 98.6 Å². The average molecular weight is 224 g/mol. The molecule has 0 atom stereocenters. The number of benzene rings is 1. The molecule has 0 fully saturated rings. The molecule has 2 aliphatic rings. The Bertz CT molecular complexity index is 679. The first-order valence-corrected chi connectivity index (χ1v) is 6.05. The molecule has 0 spiro atoms. The fourth-order valence-electron chi connectivity index (χ4n) is 3.01. The number of aromatic nitrogens is 1. The third kappa shape index (κ3) is 1.11. The molecule has 3 heteroatoms. The molecule has 4 rings (SSSR count). The summed E-state index contributed by atoms with van der Waals surface area (Å²) < 4.78 is 0. The highest BCUT2D eigenvalue weighted by Gasteiger charge is 2.26. The van der Waals surface area contributed by atoms with Crippen molar-refractivity contribution >= 4 is 22.4 Å². The Morgan fingerprint density at radius 3 is 3.12 bits per heavy atom. The summed E-state index contributed by atoms with van der Waals surface area (Å²) in [7, 11) is 0. The van der Waals surface area contributed by atoms with Crippen LogP contribution in [0.5, 0.6) is 0 Å². The van der Waals surface area contributed by atoms with Crippen molar-refractivity contribution in [3.63, 3.8) is 0 Å². The Morgan fingerprint density at radius 1 is 1.24 bits per heavy atom. The molecule has 1 N–H and O–H groups in total. The van der Waals surface area contributed by atoms with E-state index >= 15 is 0 Å². The summed E-state index contributed by atoms with van der Waals surface area (Å²) >= 11 is 0. The fraction of sp³-hybridized carbons (Fsp3) is 0.286. The quantitative estimate of drug-likeness (QED) is 0.734. The Morgan fingerprint density at radius 2 is 2.18 bits per heavy atom. The lowest BCUT2D eigenvalue weighted by Crippen LogP contribution is -2.10. The molecule has 0 radical (unpaired) electrons. The van der Waals surface area contributed by atoms with Gasteiger partial charge >= 0.3 is 0 Å². The maximum Gasteiger partial charge on any atom is 0.184 e. The van der Waals surface area contributed by atoms with Gasteiger partial charge in [-0.3, -0.25) is 9.79 Å². The van der Waals surface area contributed by atoms with Gasteiger partial charge in [-0.1, -0.05) is 12.1 Å². The topological polar surface area (TPSA) is 45.2 Å². The number of Topliss-reactive ketones (excluding diaryl/α,β-unsaturated/α-hetero) is 1. The normalized spacial score (nSPS) is 18.1. The molecule has 1 aliphatic heterocycles. The highest BCUT2D eigenvalue weighted by atomic mass is 16.1. The van der Waals surface area contributed by atoms with Crippen LogP contribution in [-0.4, -0.2) is 23.0 Å². The zero-order valence-electron chi connectivity index (χ0n) is 9.42. The summed E-state index contributed by atoms with van der Waals surface area (Å²) in [4.78, 5) is 20.0. The second kappa shape index (κ2) is 3.06. The second-order valence-electron chi connectivity index (χ2n) is 4.75. The van der Waals surface area contributed by atoms with Gasteiger partial charge in [0.1, 0.15) is 6.54 Å². The van der Waals surface area contributed by atoms with Crippen molar-refractivity contribution < 1.29 is 4.79 Å². The molecule has 1 aromatic heterocycles. The van der Waals surface area contributed by atoms with Gasteiger partial charge < -0.3 is 4.98 Å². The molecule has 0 saturated heterocycles. The van der Waals surface area contributed by atoms with Crippen LogP contribution in [0.1, 0.15) is 34.5 Å². The Balaban J connectivity index is 2.22. The predicted octanol–water partition coefficient (Wildman–Crippen LogP) is 2.49. The fourth-order valence-corrected chi connectivity index (χ4v) is 3.01. The summed E-state index contributed by atoms with van der Waals surface area (Å²) in [5.41, 5.74) is 5.51. The number of carbonyl (C=O) groups excluding carboxylic acids is 1. The molecule has 0 bridgehead atoms. The van der Waals surface area contributed by atoms with Crippen LogP contribution in [0, 0.1) is 0 Å². The summed E-state index contributed by atoms with van der Waals surface area (Å²) in [5.74, 6) is 0.138. The van der Waals surface area contributed by atoms with Crippen molar-refractivity contribution in [2.24, 2.45) is 4.99 Å². The number of hydrogen-bond acceptors (Lipinski definition) is 2. The van der Waals surface area contributed by atoms with Crippen LogP contribution in [0.25, 0.3) is 10.9 Å². The van der Waals surface area contributed by atoms with E-state index < -0.39 is 0 Å². The van der Waals surface area contributed by atoms with Crippen molar-refractivity contribution in [2.45, 2.75) is 19.3 Å². The SMILES string of the molecule is O=C1CN=C2CCCc3[nH]c4cccc1c4c32. The number of ketones is 1. The van der Waals surface area contributed by atoms with Crippen LogP contribution in [0.4, 0.5) is 0 Å². The monoisotopic (exact) mass is 224 g/mol. The average Bonchev–Trinajstić information content (AvgIpc) is 2.67. The Kier molecular flexibility index (Phi) is 1.65. The summed E-state index contributed by atoms with van der Waals surface area (Å²) in [6, 6.07) is 5.92. The van der Waals surface area contributed by atoms with E-state index in [1.54, 1.807) is 0 Å². The van der Waals surface area contributed by atoms with E-state index in [1.165, 1.54) is 11.3 Å². The maximum absolute atomic E-state index is 12.1. The largest absolute Gasteiger partial charge is 0.358 e. The number of H-pyrrole nitrogens is 1. The third-order valence-corrected chi connectivity index (χ3v) is 3.74. The van der Waals surface area contributed by atoms with Gasteiger partial charge in [0.25, 0.3) is 0 Å². The van der Waals surface area contributed by atoms with Gasteiger partial charge in [-0.15, -0.1) is 0 Å². The molecule has 84 valence electrons. The van der Waals surface area contributed by atoms with Gasteiger partial charge in [0.05, 0.1) is 0 Å². The number of rotatable bonds is 0. The molecular weight excluding hydrogens is 212 g/mol. The molecule has 1 aliphatic carbocycles. The molecule has 2 aromatic rings. The minimum absolute atomic E-state index is 0.138. The number of nitrogens with zero attached hydrogens (tertiary/aromatic N) is 1. The molecule has 0 amide bonds. The number of carbonyl (C=O) groups is 1. The highest BCUT2D eigenvalue weighted by molar-refractivity contribution is 6.21. The lowest BCUT2D eigenvalue weighted by Gasteiger charge is -2.13. The zero-order valence-corrected chi connectivity index (χ0v) is 9.42. The van der Waals surface area contributed by atoms with Gasteiger partial charge in [0.15, 0.2) is 5.78 Å². The van der Waals surface area contributed by atoms with Crippen LogP contribution < -0.4 is 0 Å².